The van der Waals surface area contributed by atoms with E-state index in [4.69, 9.17) is 21.7 Å². The number of nitrogens with one attached hydrogen (secondary N) is 3. The number of hydrogen-bond donors (Lipinski definition) is 3. The van der Waals surface area contributed by atoms with E-state index in [9.17, 15) is 4.79 Å². The van der Waals surface area contributed by atoms with Crippen molar-refractivity contribution in [2.45, 2.75) is 0 Å². The average Bonchev–Trinajstić information content (AvgIpc) is 2.71. The molecule has 2 rings (SSSR count). The van der Waals surface area contributed by atoms with Crippen LogP contribution in [0.4, 0.5) is 5.69 Å². The molecule has 28 heavy (non-hydrogen) atoms. The largest absolute Gasteiger partial charge is 0.493 e. The highest BCUT2D eigenvalue weighted by molar-refractivity contribution is 7.80. The summed E-state index contributed by atoms with van der Waals surface area (Å²) in [6, 6.07) is 14.4. The smallest absolute Gasteiger partial charge is 0.262 e. The molecule has 0 aliphatic rings. The van der Waals surface area contributed by atoms with Crippen LogP contribution < -0.4 is 25.5 Å². The number of benzene rings is 2. The molecule has 146 valence electrons. The van der Waals surface area contributed by atoms with Crippen molar-refractivity contribution in [1.82, 2.24) is 10.7 Å². The summed E-state index contributed by atoms with van der Waals surface area (Å²) in [6.07, 6.45) is 3.29. The number of carbonyl (C=O) groups is 1. The highest BCUT2D eigenvalue weighted by Crippen LogP contribution is 2.27. The minimum absolute atomic E-state index is 0.135. The van der Waals surface area contributed by atoms with Crippen LogP contribution in [-0.2, 0) is 4.79 Å². The van der Waals surface area contributed by atoms with Gasteiger partial charge in [-0.25, -0.2) is 0 Å². The average molecular weight is 398 g/mol. The zero-order valence-corrected chi connectivity index (χ0v) is 16.3. The second kappa shape index (κ2) is 11.3. The summed E-state index contributed by atoms with van der Waals surface area (Å²) in [7, 11) is 1.53. The number of hydrogen-bond acceptors (Lipinski definition) is 5. The molecule has 0 heterocycles. The van der Waals surface area contributed by atoms with Gasteiger partial charge in [0.2, 0.25) is 0 Å². The Morgan fingerprint density at radius 2 is 2.00 bits per heavy atom. The molecule has 0 aliphatic heterocycles. The molecule has 0 saturated carbocycles. The van der Waals surface area contributed by atoms with E-state index >= 15 is 0 Å². The van der Waals surface area contributed by atoms with Crippen LogP contribution in [0.25, 0.3) is 0 Å². The van der Waals surface area contributed by atoms with Crippen molar-refractivity contribution in [3.05, 3.63) is 66.7 Å². The molecule has 8 heteroatoms. The lowest BCUT2D eigenvalue weighted by Gasteiger charge is -2.11. The zero-order chi connectivity index (χ0) is 20.2. The van der Waals surface area contributed by atoms with E-state index in [1.165, 1.54) is 7.11 Å². The van der Waals surface area contributed by atoms with Gasteiger partial charge in [0.1, 0.15) is 0 Å². The van der Waals surface area contributed by atoms with E-state index in [0.29, 0.717) is 28.8 Å². The standard InChI is InChI=1S/C20H22N4O3S/c1-3-11-21-20(28)24-22-13-15-9-10-17(18(12-15)26-2)27-14-19(25)23-16-7-5-4-6-8-16/h3-10,12-13H,1,11,14H2,2H3,(H,23,25)(H2,21,24,28)/b22-13+. The third kappa shape index (κ3) is 7.08. The Morgan fingerprint density at radius 3 is 2.71 bits per heavy atom. The molecular formula is C20H22N4O3S. The van der Waals surface area contributed by atoms with Gasteiger partial charge in [-0.2, -0.15) is 5.10 Å². The number of nitrogens with zero attached hydrogens (tertiary/aromatic N) is 1. The second-order valence-electron chi connectivity index (χ2n) is 5.48. The maximum Gasteiger partial charge on any atom is 0.262 e. The number of amides is 1. The highest BCUT2D eigenvalue weighted by Gasteiger charge is 2.08. The Hall–Kier alpha value is -3.39. The SMILES string of the molecule is C=CCNC(=S)N/N=C/c1ccc(OCC(=O)Nc2ccccc2)c(OC)c1. The third-order valence-corrected chi connectivity index (χ3v) is 3.63. The van der Waals surface area contributed by atoms with Crippen LogP contribution in [0.2, 0.25) is 0 Å². The predicted molar refractivity (Wildman–Crippen MR) is 115 cm³/mol. The van der Waals surface area contributed by atoms with Crippen molar-refractivity contribution >= 4 is 35.1 Å². The Morgan fingerprint density at radius 1 is 1.21 bits per heavy atom. The Labute approximate surface area is 169 Å². The van der Waals surface area contributed by atoms with Crippen molar-refractivity contribution in [2.24, 2.45) is 5.10 Å². The van der Waals surface area contributed by atoms with Crippen LogP contribution >= 0.6 is 12.2 Å². The van der Waals surface area contributed by atoms with Crippen LogP contribution in [-0.4, -0.2) is 37.5 Å². The van der Waals surface area contributed by atoms with Gasteiger partial charge in [-0.05, 0) is 48.1 Å². The predicted octanol–water partition coefficient (Wildman–Crippen LogP) is 2.70. The normalized spacial score (nSPS) is 10.2. The number of ether oxygens (including phenoxy) is 2. The second-order valence-corrected chi connectivity index (χ2v) is 5.89. The number of methoxy groups -OCH3 is 1. The maximum absolute atomic E-state index is 12.0. The van der Waals surface area contributed by atoms with E-state index in [1.54, 1.807) is 42.6 Å². The van der Waals surface area contributed by atoms with Crippen LogP contribution in [0.3, 0.4) is 0 Å². The molecular weight excluding hydrogens is 376 g/mol. The van der Waals surface area contributed by atoms with Crippen molar-refractivity contribution in [3.8, 4) is 11.5 Å². The summed E-state index contributed by atoms with van der Waals surface area (Å²) in [5.41, 5.74) is 4.18. The summed E-state index contributed by atoms with van der Waals surface area (Å²) in [5.74, 6) is 0.687. The van der Waals surface area contributed by atoms with Gasteiger partial charge in [0.15, 0.2) is 23.2 Å². The van der Waals surface area contributed by atoms with E-state index in [1.807, 2.05) is 18.2 Å². The molecule has 0 radical (unpaired) electrons. The molecule has 0 aliphatic carbocycles. The molecule has 7 nitrogen and oxygen atoms in total. The van der Waals surface area contributed by atoms with Crippen molar-refractivity contribution in [2.75, 3.05) is 25.6 Å². The first-order chi connectivity index (χ1) is 13.6. The van der Waals surface area contributed by atoms with Crippen molar-refractivity contribution in [3.63, 3.8) is 0 Å². The molecule has 0 atom stereocenters. The van der Waals surface area contributed by atoms with Gasteiger partial charge in [-0.3, -0.25) is 10.2 Å². The summed E-state index contributed by atoms with van der Waals surface area (Å²) in [5, 5.41) is 10.1. The van der Waals surface area contributed by atoms with Gasteiger partial charge >= 0.3 is 0 Å². The molecule has 0 fully saturated rings. The van der Waals surface area contributed by atoms with E-state index in [-0.39, 0.29) is 12.5 Å². The lowest BCUT2D eigenvalue weighted by atomic mass is 10.2. The molecule has 0 bridgehead atoms. The minimum atomic E-state index is -0.261. The summed E-state index contributed by atoms with van der Waals surface area (Å²) >= 11 is 5.04. The molecule has 0 unspecified atom stereocenters. The first kappa shape index (κ1) is 20.9. The Kier molecular flexibility index (Phi) is 8.48. The molecule has 0 spiro atoms. The molecule has 1 amide bonds. The Bertz CT molecular complexity index is 841. The van der Waals surface area contributed by atoms with E-state index in [2.05, 4.69) is 27.7 Å². The number of para-hydroxylation sites is 1. The maximum atomic E-state index is 12.0. The number of rotatable bonds is 9. The fraction of sp³-hybridized carbons (Fsp3) is 0.150. The molecule has 3 N–H and O–H groups in total. The number of carbonyl (C=O) groups excluding carboxylic acids is 1. The fourth-order valence-corrected chi connectivity index (χ4v) is 2.25. The van der Waals surface area contributed by atoms with Gasteiger partial charge in [0, 0.05) is 12.2 Å². The first-order valence-corrected chi connectivity index (χ1v) is 8.86. The number of thiocarbonyl (C=S) groups is 1. The van der Waals surface area contributed by atoms with Gasteiger partial charge < -0.3 is 20.1 Å². The third-order valence-electron chi connectivity index (χ3n) is 3.39. The van der Waals surface area contributed by atoms with Crippen LogP contribution in [0.15, 0.2) is 66.3 Å². The quantitative estimate of drug-likeness (QED) is 0.261. The molecule has 2 aromatic carbocycles. The summed E-state index contributed by atoms with van der Waals surface area (Å²) < 4.78 is 10.9. The monoisotopic (exact) mass is 398 g/mol. The van der Waals surface area contributed by atoms with Crippen LogP contribution in [0.1, 0.15) is 5.56 Å². The van der Waals surface area contributed by atoms with E-state index < -0.39 is 0 Å². The highest BCUT2D eigenvalue weighted by atomic mass is 32.1. The molecule has 0 aromatic heterocycles. The molecule has 0 saturated heterocycles. The van der Waals surface area contributed by atoms with Gasteiger partial charge in [0.05, 0.1) is 13.3 Å². The topological polar surface area (TPSA) is 84.0 Å². The van der Waals surface area contributed by atoms with Gasteiger partial charge in [-0.15, -0.1) is 6.58 Å². The summed E-state index contributed by atoms with van der Waals surface area (Å²) in [6.45, 7) is 4.01. The Balaban J connectivity index is 1.90. The van der Waals surface area contributed by atoms with Gasteiger partial charge in [-0.1, -0.05) is 24.3 Å². The van der Waals surface area contributed by atoms with Crippen molar-refractivity contribution in [1.29, 1.82) is 0 Å². The zero-order valence-electron chi connectivity index (χ0n) is 15.5. The van der Waals surface area contributed by atoms with Crippen LogP contribution in [0, 0.1) is 0 Å². The van der Waals surface area contributed by atoms with Crippen molar-refractivity contribution < 1.29 is 14.3 Å². The summed E-state index contributed by atoms with van der Waals surface area (Å²) in [4.78, 5) is 12.0. The first-order valence-electron chi connectivity index (χ1n) is 8.46. The van der Waals surface area contributed by atoms with Gasteiger partial charge in [0.25, 0.3) is 5.91 Å². The number of anilines is 1. The minimum Gasteiger partial charge on any atom is -0.493 e. The molecule has 2 aromatic rings. The number of hydrazone groups is 1. The fourth-order valence-electron chi connectivity index (χ4n) is 2.12. The lowest BCUT2D eigenvalue weighted by molar-refractivity contribution is -0.118. The van der Waals surface area contributed by atoms with Crippen LogP contribution in [0.5, 0.6) is 11.5 Å². The van der Waals surface area contributed by atoms with E-state index in [0.717, 1.165) is 5.56 Å². The lowest BCUT2D eigenvalue weighted by Crippen LogP contribution is -2.31.